The summed E-state index contributed by atoms with van der Waals surface area (Å²) in [6.45, 7) is 3.11. The van der Waals surface area contributed by atoms with E-state index in [0.717, 1.165) is 12.7 Å². The van der Waals surface area contributed by atoms with Crippen molar-refractivity contribution in [2.45, 2.75) is 43.6 Å². The Morgan fingerprint density at radius 3 is 2.74 bits per heavy atom. The van der Waals surface area contributed by atoms with Crippen molar-refractivity contribution in [1.29, 1.82) is 0 Å². The monoisotopic (exact) mass is 339 g/mol. The summed E-state index contributed by atoms with van der Waals surface area (Å²) >= 11 is 0. The molecule has 0 unspecified atom stereocenters. The van der Waals surface area contributed by atoms with Gasteiger partial charge in [-0.1, -0.05) is 25.8 Å². The third-order valence-electron chi connectivity index (χ3n) is 4.28. The Bertz CT molecular complexity index is 642. The number of carbonyl (C=O) groups excluding carboxylic acids is 1. The molecule has 1 aliphatic rings. The molecule has 1 aliphatic carbocycles. The Morgan fingerprint density at radius 2 is 2.04 bits per heavy atom. The average Bonchev–Trinajstić information content (AvgIpc) is 2.52. The third-order valence-corrected chi connectivity index (χ3v) is 5.39. The third kappa shape index (κ3) is 5.32. The van der Waals surface area contributed by atoms with Gasteiger partial charge in [0.25, 0.3) is 5.91 Å². The Balaban J connectivity index is 1.81. The van der Waals surface area contributed by atoms with Crippen LogP contribution in [-0.2, 0) is 14.6 Å². The highest BCUT2D eigenvalue weighted by atomic mass is 32.2. The van der Waals surface area contributed by atoms with Gasteiger partial charge >= 0.3 is 0 Å². The summed E-state index contributed by atoms with van der Waals surface area (Å²) in [6, 6.07) is 6.06. The summed E-state index contributed by atoms with van der Waals surface area (Å²) in [7, 11) is -3.31. The quantitative estimate of drug-likeness (QED) is 0.808. The van der Waals surface area contributed by atoms with Gasteiger partial charge in [0.05, 0.1) is 17.6 Å². The van der Waals surface area contributed by atoms with Crippen LogP contribution in [0.2, 0.25) is 0 Å². The van der Waals surface area contributed by atoms with E-state index in [0.29, 0.717) is 24.6 Å². The second-order valence-electron chi connectivity index (χ2n) is 6.23. The summed E-state index contributed by atoms with van der Waals surface area (Å²) < 4.78 is 28.9. The largest absolute Gasteiger partial charge is 0.376 e. The van der Waals surface area contributed by atoms with Crippen molar-refractivity contribution in [1.82, 2.24) is 5.32 Å². The molecule has 5 nitrogen and oxygen atoms in total. The molecule has 1 aromatic carbocycles. The number of benzene rings is 1. The zero-order chi connectivity index (χ0) is 16.9. The molecule has 1 N–H and O–H groups in total. The first-order valence-corrected chi connectivity index (χ1v) is 9.97. The van der Waals surface area contributed by atoms with Gasteiger partial charge < -0.3 is 10.1 Å². The Kier molecular flexibility index (Phi) is 6.18. The zero-order valence-corrected chi connectivity index (χ0v) is 14.6. The molecular weight excluding hydrogens is 314 g/mol. The predicted molar refractivity (Wildman–Crippen MR) is 89.3 cm³/mol. The van der Waals surface area contributed by atoms with Gasteiger partial charge in [-0.05, 0) is 37.0 Å². The lowest BCUT2D eigenvalue weighted by atomic mass is 9.88. The number of sulfone groups is 1. The lowest BCUT2D eigenvalue weighted by Gasteiger charge is -2.28. The smallest absolute Gasteiger partial charge is 0.251 e. The molecule has 2 rings (SSSR count). The van der Waals surface area contributed by atoms with Crippen LogP contribution in [0.5, 0.6) is 0 Å². The topological polar surface area (TPSA) is 72.5 Å². The fourth-order valence-electron chi connectivity index (χ4n) is 2.87. The van der Waals surface area contributed by atoms with Gasteiger partial charge in [0.1, 0.15) is 0 Å². The van der Waals surface area contributed by atoms with Crippen molar-refractivity contribution in [2.75, 3.05) is 19.4 Å². The van der Waals surface area contributed by atoms with Gasteiger partial charge in [-0.25, -0.2) is 8.42 Å². The maximum absolute atomic E-state index is 12.1. The number of amides is 1. The summed E-state index contributed by atoms with van der Waals surface area (Å²) in [6.07, 6.45) is 6.19. The summed E-state index contributed by atoms with van der Waals surface area (Å²) in [4.78, 5) is 12.2. The molecule has 0 radical (unpaired) electrons. The molecule has 1 amide bonds. The average molecular weight is 339 g/mol. The van der Waals surface area contributed by atoms with Crippen LogP contribution in [0.1, 0.15) is 43.0 Å². The Hall–Kier alpha value is -1.40. The van der Waals surface area contributed by atoms with Crippen LogP contribution in [0.3, 0.4) is 0 Å². The van der Waals surface area contributed by atoms with Crippen molar-refractivity contribution >= 4 is 15.7 Å². The van der Waals surface area contributed by atoms with Crippen molar-refractivity contribution in [3.05, 3.63) is 29.8 Å². The summed E-state index contributed by atoms with van der Waals surface area (Å²) in [5, 5.41) is 2.77. The van der Waals surface area contributed by atoms with Gasteiger partial charge in [-0.15, -0.1) is 0 Å². The van der Waals surface area contributed by atoms with Crippen LogP contribution < -0.4 is 5.32 Å². The van der Waals surface area contributed by atoms with E-state index in [1.54, 1.807) is 12.1 Å². The fourth-order valence-corrected chi connectivity index (χ4v) is 3.54. The molecule has 23 heavy (non-hydrogen) atoms. The number of carbonyl (C=O) groups is 1. The normalized spacial score (nSPS) is 21.8. The van der Waals surface area contributed by atoms with Crippen molar-refractivity contribution < 1.29 is 17.9 Å². The van der Waals surface area contributed by atoms with Gasteiger partial charge in [-0.3, -0.25) is 4.79 Å². The second kappa shape index (κ2) is 7.93. The molecular formula is C17H25NO4S. The summed E-state index contributed by atoms with van der Waals surface area (Å²) in [5.74, 6) is 0.293. The molecule has 2 atom stereocenters. The lowest BCUT2D eigenvalue weighted by molar-refractivity contribution is -0.00293. The number of hydrogen-bond acceptors (Lipinski definition) is 4. The Morgan fingerprint density at radius 1 is 1.30 bits per heavy atom. The van der Waals surface area contributed by atoms with E-state index < -0.39 is 9.84 Å². The molecule has 0 aliphatic heterocycles. The highest BCUT2D eigenvalue weighted by Gasteiger charge is 2.21. The SMILES string of the molecule is C[C@@H]1CCCC[C@@H]1OCCNC(=O)c1cccc(S(C)(=O)=O)c1. The second-order valence-corrected chi connectivity index (χ2v) is 8.24. The number of rotatable bonds is 6. The molecule has 1 saturated carbocycles. The van der Waals surface area contributed by atoms with E-state index in [2.05, 4.69) is 12.2 Å². The van der Waals surface area contributed by atoms with Crippen LogP contribution in [0.4, 0.5) is 0 Å². The van der Waals surface area contributed by atoms with Crippen LogP contribution in [-0.4, -0.2) is 39.8 Å². The van der Waals surface area contributed by atoms with E-state index in [1.165, 1.54) is 31.4 Å². The van der Waals surface area contributed by atoms with Gasteiger partial charge in [0.2, 0.25) is 0 Å². The highest BCUT2D eigenvalue weighted by Crippen LogP contribution is 2.25. The summed E-state index contributed by atoms with van der Waals surface area (Å²) in [5.41, 5.74) is 0.346. The van der Waals surface area contributed by atoms with E-state index in [-0.39, 0.29) is 16.9 Å². The molecule has 0 saturated heterocycles. The molecule has 1 aromatic rings. The minimum absolute atomic E-state index is 0.150. The van der Waals surface area contributed by atoms with Crippen molar-refractivity contribution in [2.24, 2.45) is 5.92 Å². The number of nitrogens with one attached hydrogen (secondary N) is 1. The molecule has 0 bridgehead atoms. The van der Waals surface area contributed by atoms with Crippen LogP contribution in [0, 0.1) is 5.92 Å². The lowest BCUT2D eigenvalue weighted by Crippen LogP contribution is -2.31. The van der Waals surface area contributed by atoms with Crippen LogP contribution >= 0.6 is 0 Å². The predicted octanol–water partition coefficient (Wildman–Crippen LogP) is 2.42. The first-order chi connectivity index (χ1) is 10.9. The van der Waals surface area contributed by atoms with Crippen molar-refractivity contribution in [3.63, 3.8) is 0 Å². The van der Waals surface area contributed by atoms with Crippen molar-refractivity contribution in [3.8, 4) is 0 Å². The molecule has 0 heterocycles. The van der Waals surface area contributed by atoms with Gasteiger partial charge in [-0.2, -0.15) is 0 Å². The van der Waals surface area contributed by atoms with Crippen LogP contribution in [0.25, 0.3) is 0 Å². The standard InChI is InChI=1S/C17H25NO4S/c1-13-6-3-4-9-16(13)22-11-10-18-17(19)14-7-5-8-15(12-14)23(2,20)21/h5,7-8,12-13,16H,3-4,6,9-11H2,1-2H3,(H,18,19)/t13-,16+/m1/s1. The molecule has 0 spiro atoms. The Labute approximate surface area is 138 Å². The first-order valence-electron chi connectivity index (χ1n) is 8.08. The zero-order valence-electron chi connectivity index (χ0n) is 13.7. The minimum Gasteiger partial charge on any atom is -0.376 e. The maximum atomic E-state index is 12.1. The minimum atomic E-state index is -3.31. The molecule has 128 valence electrons. The first kappa shape index (κ1) is 17.9. The maximum Gasteiger partial charge on any atom is 0.251 e. The molecule has 6 heteroatoms. The number of ether oxygens (including phenoxy) is 1. The number of hydrogen-bond donors (Lipinski definition) is 1. The van der Waals surface area contributed by atoms with Gasteiger partial charge in [0, 0.05) is 18.4 Å². The van der Waals surface area contributed by atoms with E-state index >= 15 is 0 Å². The highest BCUT2D eigenvalue weighted by molar-refractivity contribution is 7.90. The van der Waals surface area contributed by atoms with E-state index in [9.17, 15) is 13.2 Å². The van der Waals surface area contributed by atoms with Crippen LogP contribution in [0.15, 0.2) is 29.2 Å². The molecule has 1 fully saturated rings. The van der Waals surface area contributed by atoms with E-state index in [1.807, 2.05) is 0 Å². The fraction of sp³-hybridized carbons (Fsp3) is 0.588. The van der Waals surface area contributed by atoms with Gasteiger partial charge in [0.15, 0.2) is 9.84 Å². The van der Waals surface area contributed by atoms with E-state index in [4.69, 9.17) is 4.74 Å². The molecule has 0 aromatic heterocycles.